The van der Waals surface area contributed by atoms with Gasteiger partial charge in [-0.15, -0.1) is 11.3 Å². The largest absolute Gasteiger partial charge is 0.384 e. The second-order valence-electron chi connectivity index (χ2n) is 4.03. The number of anilines is 1. The maximum absolute atomic E-state index is 11.6. The predicted molar refractivity (Wildman–Crippen MR) is 83.9 cm³/mol. The molecule has 0 atom stereocenters. The molecule has 0 aliphatic heterocycles. The standard InChI is InChI=1S/C15H15N3OS/c16-14(8-9-17-12-5-2-1-3-6-12)18-15(19)11-13-7-4-10-20-13/h1-10,17H,11H2,(H2,16,18,19)/b9-8-. The van der Waals surface area contributed by atoms with Gasteiger partial charge in [-0.05, 0) is 29.7 Å². The third-order valence-electron chi connectivity index (χ3n) is 2.44. The van der Waals surface area contributed by atoms with E-state index in [4.69, 9.17) is 5.73 Å². The Morgan fingerprint density at radius 3 is 2.75 bits per heavy atom. The van der Waals surface area contributed by atoms with Crippen molar-refractivity contribution in [2.45, 2.75) is 6.42 Å². The van der Waals surface area contributed by atoms with Gasteiger partial charge in [0.1, 0.15) is 5.84 Å². The fourth-order valence-electron chi connectivity index (χ4n) is 1.54. The smallest absolute Gasteiger partial charge is 0.252 e. The first-order valence-electron chi connectivity index (χ1n) is 6.11. The minimum absolute atomic E-state index is 0.190. The number of carbonyl (C=O) groups is 1. The number of nitrogens with two attached hydrogens (primary N) is 1. The molecule has 4 nitrogen and oxygen atoms in total. The van der Waals surface area contributed by atoms with Crippen LogP contribution in [0.15, 0.2) is 65.1 Å². The van der Waals surface area contributed by atoms with Crippen molar-refractivity contribution in [3.05, 3.63) is 65.0 Å². The molecule has 2 aromatic rings. The van der Waals surface area contributed by atoms with Crippen LogP contribution < -0.4 is 11.1 Å². The van der Waals surface area contributed by atoms with Crippen LogP contribution in [0.1, 0.15) is 4.88 Å². The van der Waals surface area contributed by atoms with E-state index in [0.717, 1.165) is 10.6 Å². The molecule has 0 bridgehead atoms. The van der Waals surface area contributed by atoms with Crippen molar-refractivity contribution in [1.82, 2.24) is 0 Å². The van der Waals surface area contributed by atoms with Crippen molar-refractivity contribution in [3.63, 3.8) is 0 Å². The zero-order valence-electron chi connectivity index (χ0n) is 10.8. The third kappa shape index (κ3) is 4.70. The first-order valence-corrected chi connectivity index (χ1v) is 6.99. The molecule has 0 radical (unpaired) electrons. The van der Waals surface area contributed by atoms with E-state index >= 15 is 0 Å². The molecule has 1 amide bonds. The molecule has 0 fully saturated rings. The number of hydrogen-bond acceptors (Lipinski definition) is 3. The third-order valence-corrected chi connectivity index (χ3v) is 3.31. The van der Waals surface area contributed by atoms with Crippen LogP contribution in [0.3, 0.4) is 0 Å². The number of amidine groups is 1. The summed E-state index contributed by atoms with van der Waals surface area (Å²) in [5.74, 6) is -0.0516. The molecule has 0 saturated carbocycles. The summed E-state index contributed by atoms with van der Waals surface area (Å²) >= 11 is 1.53. The van der Waals surface area contributed by atoms with Crippen LogP contribution in [0.25, 0.3) is 0 Å². The Kier molecular flexibility index (Phi) is 5.08. The quantitative estimate of drug-likeness (QED) is 0.655. The number of aliphatic imine (C=N–C) groups is 1. The second kappa shape index (κ2) is 7.25. The average Bonchev–Trinajstić information content (AvgIpc) is 2.92. The highest BCUT2D eigenvalue weighted by Gasteiger charge is 2.02. The normalized spacial score (nSPS) is 11.7. The molecule has 1 aromatic carbocycles. The lowest BCUT2D eigenvalue weighted by Gasteiger charge is -1.98. The van der Waals surface area contributed by atoms with E-state index in [1.165, 1.54) is 11.3 Å². The zero-order valence-corrected chi connectivity index (χ0v) is 11.6. The predicted octanol–water partition coefficient (Wildman–Crippen LogP) is 2.80. The molecule has 3 N–H and O–H groups in total. The number of para-hydroxylation sites is 1. The van der Waals surface area contributed by atoms with E-state index in [9.17, 15) is 4.79 Å². The van der Waals surface area contributed by atoms with Gasteiger partial charge in [0.2, 0.25) is 0 Å². The van der Waals surface area contributed by atoms with Crippen molar-refractivity contribution in [3.8, 4) is 0 Å². The molecule has 20 heavy (non-hydrogen) atoms. The molecule has 1 heterocycles. The Balaban J connectivity index is 1.85. The van der Waals surface area contributed by atoms with Gasteiger partial charge in [-0.25, -0.2) is 0 Å². The summed E-state index contributed by atoms with van der Waals surface area (Å²) in [5, 5.41) is 4.97. The Bertz CT molecular complexity index is 603. The van der Waals surface area contributed by atoms with Crippen LogP contribution in [0.2, 0.25) is 0 Å². The van der Waals surface area contributed by atoms with Gasteiger partial charge >= 0.3 is 0 Å². The lowest BCUT2D eigenvalue weighted by atomic mass is 10.3. The molecule has 1 aromatic heterocycles. The van der Waals surface area contributed by atoms with E-state index in [1.807, 2.05) is 47.8 Å². The van der Waals surface area contributed by atoms with E-state index in [0.29, 0.717) is 6.42 Å². The summed E-state index contributed by atoms with van der Waals surface area (Å²) in [6.45, 7) is 0. The molecule has 0 unspecified atom stereocenters. The Labute approximate surface area is 121 Å². The highest BCUT2D eigenvalue weighted by atomic mass is 32.1. The highest BCUT2D eigenvalue weighted by Crippen LogP contribution is 2.09. The van der Waals surface area contributed by atoms with Crippen molar-refractivity contribution in [2.75, 3.05) is 5.32 Å². The lowest BCUT2D eigenvalue weighted by molar-refractivity contribution is -0.117. The van der Waals surface area contributed by atoms with Crippen LogP contribution in [0.4, 0.5) is 5.69 Å². The molecule has 2 rings (SSSR count). The summed E-state index contributed by atoms with van der Waals surface area (Å²) in [6, 6.07) is 13.5. The fraction of sp³-hybridized carbons (Fsp3) is 0.0667. The minimum atomic E-state index is -0.241. The Morgan fingerprint density at radius 2 is 2.05 bits per heavy atom. The first-order chi connectivity index (χ1) is 9.74. The molecule has 5 heteroatoms. The van der Waals surface area contributed by atoms with Crippen molar-refractivity contribution < 1.29 is 4.79 Å². The zero-order chi connectivity index (χ0) is 14.2. The molecular formula is C15H15N3OS. The van der Waals surface area contributed by atoms with Gasteiger partial charge < -0.3 is 11.1 Å². The van der Waals surface area contributed by atoms with Gasteiger partial charge in [-0.3, -0.25) is 4.79 Å². The van der Waals surface area contributed by atoms with E-state index in [1.54, 1.807) is 12.3 Å². The van der Waals surface area contributed by atoms with Gasteiger partial charge in [0.25, 0.3) is 5.91 Å². The van der Waals surface area contributed by atoms with Crippen LogP contribution in [-0.4, -0.2) is 11.7 Å². The van der Waals surface area contributed by atoms with E-state index in [2.05, 4.69) is 10.3 Å². The molecule has 102 valence electrons. The minimum Gasteiger partial charge on any atom is -0.384 e. The Morgan fingerprint density at radius 1 is 1.25 bits per heavy atom. The average molecular weight is 285 g/mol. The number of rotatable bonds is 5. The fourth-order valence-corrected chi connectivity index (χ4v) is 2.24. The van der Waals surface area contributed by atoms with Crippen LogP contribution >= 0.6 is 11.3 Å². The Hall–Kier alpha value is -2.40. The topological polar surface area (TPSA) is 67.5 Å². The lowest BCUT2D eigenvalue weighted by Crippen LogP contribution is -2.12. The first kappa shape index (κ1) is 14.0. The number of nitrogens with one attached hydrogen (secondary N) is 1. The van der Waals surface area contributed by atoms with E-state index < -0.39 is 0 Å². The number of carbonyl (C=O) groups excluding carboxylic acids is 1. The molecule has 0 aliphatic carbocycles. The van der Waals surface area contributed by atoms with Gasteiger partial charge in [0.05, 0.1) is 6.42 Å². The summed E-state index contributed by atoms with van der Waals surface area (Å²) in [6.07, 6.45) is 3.52. The van der Waals surface area contributed by atoms with Gasteiger partial charge in [0.15, 0.2) is 0 Å². The second-order valence-corrected chi connectivity index (χ2v) is 5.06. The van der Waals surface area contributed by atoms with E-state index in [-0.39, 0.29) is 11.7 Å². The summed E-state index contributed by atoms with van der Waals surface area (Å²) in [5.41, 5.74) is 6.62. The summed E-state index contributed by atoms with van der Waals surface area (Å²) in [4.78, 5) is 16.4. The number of amides is 1. The van der Waals surface area contributed by atoms with Gasteiger partial charge in [-0.2, -0.15) is 4.99 Å². The van der Waals surface area contributed by atoms with Crippen LogP contribution in [-0.2, 0) is 11.2 Å². The monoisotopic (exact) mass is 285 g/mol. The van der Waals surface area contributed by atoms with Crippen molar-refractivity contribution >= 4 is 28.8 Å². The number of thiophene rings is 1. The van der Waals surface area contributed by atoms with Crippen molar-refractivity contribution in [1.29, 1.82) is 0 Å². The molecule has 0 spiro atoms. The van der Waals surface area contributed by atoms with Gasteiger partial charge in [-0.1, -0.05) is 24.3 Å². The van der Waals surface area contributed by atoms with Gasteiger partial charge in [0, 0.05) is 16.8 Å². The maximum Gasteiger partial charge on any atom is 0.252 e. The summed E-state index contributed by atoms with van der Waals surface area (Å²) < 4.78 is 0. The summed E-state index contributed by atoms with van der Waals surface area (Å²) in [7, 11) is 0. The number of hydrogen-bond donors (Lipinski definition) is 2. The van der Waals surface area contributed by atoms with Crippen molar-refractivity contribution in [2.24, 2.45) is 10.7 Å². The van der Waals surface area contributed by atoms with Crippen LogP contribution in [0, 0.1) is 0 Å². The highest BCUT2D eigenvalue weighted by molar-refractivity contribution is 7.10. The molecule has 0 saturated heterocycles. The molecule has 0 aliphatic rings. The number of benzene rings is 1. The number of nitrogens with zero attached hydrogens (tertiary/aromatic N) is 1. The van der Waals surface area contributed by atoms with Crippen LogP contribution in [0.5, 0.6) is 0 Å². The maximum atomic E-state index is 11.6. The SMILES string of the molecule is NC(/C=C\Nc1ccccc1)=NC(=O)Cc1cccs1. The molecular weight excluding hydrogens is 270 g/mol.